The summed E-state index contributed by atoms with van der Waals surface area (Å²) in [5, 5.41) is 243. The van der Waals surface area contributed by atoms with Gasteiger partial charge in [-0.2, -0.15) is 0 Å². The molecule has 0 radical (unpaired) electrons. The summed E-state index contributed by atoms with van der Waals surface area (Å²) in [6.45, 7) is -4.60. The SMILES string of the molecule is CC(C)[C@H](NC(=O)CCC(=O)NCCCC[C@H](CC(=O)[C@H](CCCCN(C[C@H](O)[C@@H](O)[C@H](O)[C@H](O)CO)C[C@H](O)[C@@H](O)[C@H](O)[C@H](O)CO)NC(=O)CCOCCOCCOCCN1C(=O)C=CC1=O)C(=O)N[C@@H](CCCCN(C[C@H](O)[C@@H](O)[C@H](O)[C@H](O)CO)C[C@H](O)[C@@H](O)[C@H](O)[C@H](O)CO)C(=O)O)C(=O)N[C@@H](CCCNC(N)=O)C(=O)Nc1ccc(CO)cc1. The van der Waals surface area contributed by atoms with Gasteiger partial charge in [0, 0.05) is 88.7 Å². The first-order valence-electron chi connectivity index (χ1n) is 41.5. The number of aliphatic carboxylic acids is 1. The Morgan fingerprint density at radius 3 is 1.26 bits per heavy atom. The van der Waals surface area contributed by atoms with Crippen molar-refractivity contribution in [3.05, 3.63) is 42.0 Å². The Morgan fingerprint density at radius 2 is 0.824 bits per heavy atom. The second-order valence-electron chi connectivity index (χ2n) is 30.8. The molecule has 1 aliphatic rings. The number of rotatable bonds is 72. The standard InChI is InChI=1S/C78H135N11O36/c1-44(2)65(76(119)84-49(13-9-24-81-78(79)122)75(118)82-47-16-14-45(39-90)15-17-47)86-61(105)19-18-60(104)80-23-6-3-10-46(74(117)85-50(77(120)121)12-5-8-26-88(37-54(98)68(111)72(115)58(102)42-93)38-55(99)69(112)73(116)59(103)43-94)34-51(95)48(83-62(106)22-28-123-30-32-125-33-31-124-29-27-89-63(107)20-21-64(89)108)11-4-7-25-87(35-52(96)66(109)70(113)56(100)40-91)36-53(97)67(110)71(114)57(101)41-92/h14-17,20-21,44,46,48-50,52-59,65-73,90-94,96-103,109-116H,3-13,18-19,22-43H2,1-2H3,(H,80,104)(H,82,118)(H,83,106)(H,84,119)(H,85,117)(H,86,105)(H,120,121)(H3,79,81,122)/t46-,48+,49+,50+,52+,53+,54+,55+,56-,57-,58-,59-,65+,66-,67-,68-,69-,70-,71-,72-,73-/m1/s1. The molecule has 0 saturated heterocycles. The van der Waals surface area contributed by atoms with Gasteiger partial charge in [-0.3, -0.25) is 57.9 Å². The number of nitrogens with two attached hydrogens (primary N) is 1. The van der Waals surface area contributed by atoms with Crippen molar-refractivity contribution in [1.29, 1.82) is 0 Å². The molecule has 1 aromatic carbocycles. The lowest BCUT2D eigenvalue weighted by atomic mass is 9.90. The summed E-state index contributed by atoms with van der Waals surface area (Å²) in [5.41, 5.74) is 6.08. The monoisotopic (exact) mass is 1800 g/mol. The number of aliphatic hydroxyl groups excluding tert-OH is 21. The number of nitrogens with zero attached hydrogens (tertiary/aromatic N) is 3. The zero-order valence-corrected chi connectivity index (χ0v) is 70.4. The van der Waals surface area contributed by atoms with Crippen molar-refractivity contribution in [2.75, 3.05) is 130 Å². The second kappa shape index (κ2) is 62.5. The van der Waals surface area contributed by atoms with Gasteiger partial charge in [-0.25, -0.2) is 9.59 Å². The quantitative estimate of drug-likeness (QED) is 0.0213. The summed E-state index contributed by atoms with van der Waals surface area (Å²) in [4.78, 5) is 149. The molecule has 125 heavy (non-hydrogen) atoms. The molecule has 1 aliphatic heterocycles. The number of urea groups is 1. The minimum atomic E-state index is -2.15. The molecule has 0 spiro atoms. The van der Waals surface area contributed by atoms with Gasteiger partial charge < -0.3 is 170 Å². The van der Waals surface area contributed by atoms with E-state index in [1.54, 1.807) is 26.0 Å². The molecule has 0 fully saturated rings. The normalized spacial score (nSPS) is 17.5. The van der Waals surface area contributed by atoms with Gasteiger partial charge in [-0.1, -0.05) is 32.4 Å². The van der Waals surface area contributed by atoms with Crippen LogP contribution in [0.25, 0.3) is 0 Å². The fourth-order valence-electron chi connectivity index (χ4n) is 12.8. The van der Waals surface area contributed by atoms with Gasteiger partial charge >= 0.3 is 12.0 Å². The van der Waals surface area contributed by atoms with Crippen molar-refractivity contribution in [1.82, 2.24) is 46.6 Å². The lowest BCUT2D eigenvalue weighted by molar-refractivity contribution is -0.143. The van der Waals surface area contributed by atoms with E-state index in [0.717, 1.165) is 17.1 Å². The Hall–Kier alpha value is -7.71. The zero-order valence-electron chi connectivity index (χ0n) is 70.4. The van der Waals surface area contributed by atoms with Crippen LogP contribution in [-0.4, -0.2) is 439 Å². The number of Topliss-reactive ketones (excluding diaryl/α,β-unsaturated/α-hetero) is 1. The van der Waals surface area contributed by atoms with Crippen molar-refractivity contribution < 1.29 is 179 Å². The van der Waals surface area contributed by atoms with Crippen LogP contribution in [0.15, 0.2) is 36.4 Å². The molecule has 47 heteroatoms. The van der Waals surface area contributed by atoms with Crippen molar-refractivity contribution >= 4 is 70.7 Å². The first-order chi connectivity index (χ1) is 59.2. The highest BCUT2D eigenvalue weighted by molar-refractivity contribution is 6.12. The Balaban J connectivity index is 2.55. The molecular formula is C78H135N11O36. The van der Waals surface area contributed by atoms with E-state index in [1.165, 1.54) is 21.9 Å². The average Bonchev–Trinajstić information content (AvgIpc) is 1.87. The predicted octanol–water partition coefficient (Wildman–Crippen LogP) is -12.1. The number of carboxylic acid groups (broad SMARTS) is 1. The van der Waals surface area contributed by atoms with Crippen molar-refractivity contribution in [2.24, 2.45) is 17.6 Å². The van der Waals surface area contributed by atoms with E-state index >= 15 is 0 Å². The van der Waals surface area contributed by atoms with E-state index in [9.17, 15) is 165 Å². The summed E-state index contributed by atoms with van der Waals surface area (Å²) in [5.74, 6) is -10.0. The number of hydrogen-bond acceptors (Lipinski definition) is 37. The van der Waals surface area contributed by atoms with Crippen LogP contribution in [0.3, 0.4) is 0 Å². The zero-order chi connectivity index (χ0) is 94.0. The minimum absolute atomic E-state index is 0.00280. The Bertz CT molecular complexity index is 3290. The van der Waals surface area contributed by atoms with Crippen molar-refractivity contribution in [3.63, 3.8) is 0 Å². The first kappa shape index (κ1) is 113. The molecule has 0 unspecified atom stereocenters. The number of ether oxygens (including phenoxy) is 3. The number of aliphatic hydroxyl groups is 21. The van der Waals surface area contributed by atoms with Gasteiger partial charge in [0.2, 0.25) is 35.4 Å². The summed E-state index contributed by atoms with van der Waals surface area (Å²) in [7, 11) is 0. The third-order valence-electron chi connectivity index (χ3n) is 20.4. The van der Waals surface area contributed by atoms with Gasteiger partial charge in [0.15, 0.2) is 5.78 Å². The predicted molar refractivity (Wildman–Crippen MR) is 435 cm³/mol. The summed E-state index contributed by atoms with van der Waals surface area (Å²) >= 11 is 0. The van der Waals surface area contributed by atoms with Crippen molar-refractivity contribution in [2.45, 2.75) is 239 Å². The molecule has 1 heterocycles. The smallest absolute Gasteiger partial charge is 0.326 e. The van der Waals surface area contributed by atoms with Gasteiger partial charge in [-0.05, 0) is 101 Å². The number of benzene rings is 1. The molecular weight excluding hydrogens is 1670 g/mol. The third-order valence-corrected chi connectivity index (χ3v) is 20.4. The van der Waals surface area contributed by atoms with E-state index in [2.05, 4.69) is 37.2 Å². The fourth-order valence-corrected chi connectivity index (χ4v) is 12.8. The van der Waals surface area contributed by atoms with Gasteiger partial charge in [-0.15, -0.1) is 0 Å². The third kappa shape index (κ3) is 44.2. The lowest BCUT2D eigenvalue weighted by Gasteiger charge is -2.33. The van der Waals surface area contributed by atoms with E-state index in [1.807, 2.05) is 0 Å². The van der Waals surface area contributed by atoms with Gasteiger partial charge in [0.25, 0.3) is 11.8 Å². The molecule has 0 bridgehead atoms. The van der Waals surface area contributed by atoms with Gasteiger partial charge in [0.1, 0.15) is 91.4 Å². The highest BCUT2D eigenvalue weighted by Crippen LogP contribution is 2.22. The Morgan fingerprint density at radius 1 is 0.424 bits per heavy atom. The minimum Gasteiger partial charge on any atom is -0.480 e. The van der Waals surface area contributed by atoms with E-state index in [4.69, 9.17) is 19.9 Å². The summed E-state index contributed by atoms with van der Waals surface area (Å²) < 4.78 is 16.5. The number of ketones is 1. The summed E-state index contributed by atoms with van der Waals surface area (Å²) in [6, 6.07) is -0.294. The Labute approximate surface area is 722 Å². The molecule has 21 atom stereocenters. The number of carboxylic acids is 1. The van der Waals surface area contributed by atoms with Crippen LogP contribution in [0, 0.1) is 11.8 Å². The number of primary amides is 1. The molecule has 1 aromatic rings. The number of imide groups is 1. The maximum absolute atomic E-state index is 14.9. The van der Waals surface area contributed by atoms with Crippen LogP contribution in [0.2, 0.25) is 0 Å². The van der Waals surface area contributed by atoms with Crippen LogP contribution in [0.4, 0.5) is 10.5 Å². The van der Waals surface area contributed by atoms with E-state index < -0.39 is 277 Å². The summed E-state index contributed by atoms with van der Waals surface area (Å²) in [6.07, 6.45) is -33.4. The molecule has 2 rings (SSSR count). The van der Waals surface area contributed by atoms with Crippen LogP contribution in [0.5, 0.6) is 0 Å². The molecule has 0 aliphatic carbocycles. The number of amides is 10. The highest BCUT2D eigenvalue weighted by Gasteiger charge is 2.39. The highest BCUT2D eigenvalue weighted by atomic mass is 16.5. The van der Waals surface area contributed by atoms with Crippen molar-refractivity contribution in [3.8, 4) is 0 Å². The molecule has 47 nitrogen and oxygen atoms in total. The average molecular weight is 1800 g/mol. The van der Waals surface area contributed by atoms with E-state index in [0.29, 0.717) is 11.3 Å². The number of carbonyl (C=O) groups excluding carboxylic acids is 10. The van der Waals surface area contributed by atoms with Crippen LogP contribution in [0.1, 0.15) is 116 Å². The van der Waals surface area contributed by atoms with Crippen LogP contribution in [-0.2, 0) is 68.8 Å². The number of anilines is 1. The van der Waals surface area contributed by atoms with Gasteiger partial charge in [0.05, 0.1) is 110 Å². The fraction of sp³-hybridized carbons (Fsp3) is 0.756. The largest absolute Gasteiger partial charge is 0.480 e. The molecule has 718 valence electrons. The lowest BCUT2D eigenvalue weighted by Crippen LogP contribution is -2.54. The first-order valence-corrected chi connectivity index (χ1v) is 41.5. The topological polar surface area (TPSA) is 780 Å². The Kier molecular flexibility index (Phi) is 56.7. The van der Waals surface area contributed by atoms with Crippen LogP contribution < -0.4 is 43.0 Å². The molecule has 10 amide bonds. The second-order valence-corrected chi connectivity index (χ2v) is 30.8. The maximum Gasteiger partial charge on any atom is 0.326 e. The number of nitrogens with one attached hydrogen (secondary N) is 7. The number of hydrogen-bond donors (Lipinski definition) is 30. The van der Waals surface area contributed by atoms with Crippen LogP contribution >= 0.6 is 0 Å². The molecule has 0 aromatic heterocycles. The number of carbonyl (C=O) groups is 11. The number of unbranched alkanes of at least 4 members (excludes halogenated alkanes) is 3. The molecule has 0 saturated carbocycles. The van der Waals surface area contributed by atoms with E-state index in [-0.39, 0.29) is 150 Å². The molecule has 31 N–H and O–H groups in total. The maximum atomic E-state index is 14.9.